The first kappa shape index (κ1) is 8.17. The van der Waals surface area contributed by atoms with E-state index in [0.717, 1.165) is 11.0 Å². The molecule has 2 aromatic carbocycles. The van der Waals surface area contributed by atoms with Crippen molar-refractivity contribution < 1.29 is 9.52 Å². The van der Waals surface area contributed by atoms with Gasteiger partial charge in [-0.25, -0.2) is 0 Å². The molecule has 0 fully saturated rings. The van der Waals surface area contributed by atoms with Crippen molar-refractivity contribution in [3.63, 3.8) is 0 Å². The molecule has 3 N–H and O–H groups in total. The van der Waals surface area contributed by atoms with Gasteiger partial charge in [0.05, 0.1) is 11.1 Å². The number of para-hydroxylation sites is 1. The lowest BCUT2D eigenvalue weighted by Gasteiger charge is -1.96. The van der Waals surface area contributed by atoms with Crippen LogP contribution in [0.25, 0.3) is 21.9 Å². The number of hydrogen-bond donors (Lipinski definition) is 2. The summed E-state index contributed by atoms with van der Waals surface area (Å²) in [7, 11) is 0. The lowest BCUT2D eigenvalue weighted by Crippen LogP contribution is -1.83. The number of furan rings is 1. The molecule has 15 heavy (non-hydrogen) atoms. The van der Waals surface area contributed by atoms with Crippen LogP contribution in [-0.4, -0.2) is 5.11 Å². The van der Waals surface area contributed by atoms with Crippen LogP contribution in [0.15, 0.2) is 40.8 Å². The Kier molecular flexibility index (Phi) is 1.45. The fourth-order valence-electron chi connectivity index (χ4n) is 1.83. The molecule has 0 unspecified atom stereocenters. The van der Waals surface area contributed by atoms with Gasteiger partial charge in [0.1, 0.15) is 11.3 Å². The number of aromatic hydroxyl groups is 1. The Balaban J connectivity index is 2.66. The monoisotopic (exact) mass is 199 g/mol. The lowest BCUT2D eigenvalue weighted by molar-refractivity contribution is 0.481. The van der Waals surface area contributed by atoms with E-state index in [4.69, 9.17) is 10.2 Å². The zero-order chi connectivity index (χ0) is 10.4. The minimum atomic E-state index is 0.198. The van der Waals surface area contributed by atoms with Gasteiger partial charge in [0, 0.05) is 5.39 Å². The van der Waals surface area contributed by atoms with Crippen LogP contribution >= 0.6 is 0 Å². The van der Waals surface area contributed by atoms with Gasteiger partial charge in [-0.2, -0.15) is 0 Å². The Bertz CT molecular complexity index is 655. The maximum atomic E-state index is 9.77. The molecule has 0 aliphatic heterocycles. The second-order valence-corrected chi connectivity index (χ2v) is 3.48. The number of anilines is 1. The molecule has 3 rings (SSSR count). The van der Waals surface area contributed by atoms with E-state index in [9.17, 15) is 5.11 Å². The summed E-state index contributed by atoms with van der Waals surface area (Å²) in [5.74, 6) is 0.198. The zero-order valence-corrected chi connectivity index (χ0v) is 7.90. The van der Waals surface area contributed by atoms with Crippen molar-refractivity contribution in [1.82, 2.24) is 0 Å². The smallest absolute Gasteiger partial charge is 0.162 e. The number of phenols is 1. The minimum Gasteiger partial charge on any atom is -0.507 e. The number of nitrogens with two attached hydrogens (primary N) is 1. The van der Waals surface area contributed by atoms with Crippen LogP contribution in [0.5, 0.6) is 5.75 Å². The van der Waals surface area contributed by atoms with Crippen molar-refractivity contribution in [2.24, 2.45) is 0 Å². The molecule has 3 nitrogen and oxygen atoms in total. The van der Waals surface area contributed by atoms with Crippen LogP contribution in [0.2, 0.25) is 0 Å². The van der Waals surface area contributed by atoms with Crippen LogP contribution in [0.4, 0.5) is 5.69 Å². The third-order valence-electron chi connectivity index (χ3n) is 2.53. The first-order valence-electron chi connectivity index (χ1n) is 4.66. The van der Waals surface area contributed by atoms with Gasteiger partial charge in [0.2, 0.25) is 0 Å². The van der Waals surface area contributed by atoms with Crippen LogP contribution in [0.3, 0.4) is 0 Å². The summed E-state index contributed by atoms with van der Waals surface area (Å²) in [6.07, 6.45) is 0. The molecule has 0 aliphatic carbocycles. The molecule has 0 bridgehead atoms. The van der Waals surface area contributed by atoms with Crippen LogP contribution in [0, 0.1) is 0 Å². The van der Waals surface area contributed by atoms with Crippen LogP contribution < -0.4 is 5.73 Å². The maximum Gasteiger partial charge on any atom is 0.162 e. The topological polar surface area (TPSA) is 59.4 Å². The van der Waals surface area contributed by atoms with E-state index < -0.39 is 0 Å². The summed E-state index contributed by atoms with van der Waals surface area (Å²) in [5, 5.41) is 11.3. The molecule has 0 saturated heterocycles. The molecule has 1 aromatic heterocycles. The van der Waals surface area contributed by atoms with Gasteiger partial charge < -0.3 is 15.3 Å². The first-order valence-corrected chi connectivity index (χ1v) is 4.66. The average Bonchev–Trinajstić information content (AvgIpc) is 2.64. The number of rotatable bonds is 0. The standard InChI is InChI=1S/C12H9NO2/c13-8-5-6-9(14)11-7-3-1-2-4-10(7)15-12(8)11/h1-6,14H,13H2. The van der Waals surface area contributed by atoms with Crippen molar-refractivity contribution in [2.45, 2.75) is 0 Å². The fourth-order valence-corrected chi connectivity index (χ4v) is 1.83. The Morgan fingerprint density at radius 3 is 2.73 bits per heavy atom. The SMILES string of the molecule is Nc1ccc(O)c2c1oc1ccccc12. The Morgan fingerprint density at radius 1 is 1.07 bits per heavy atom. The van der Waals surface area contributed by atoms with Gasteiger partial charge in [-0.3, -0.25) is 0 Å². The summed E-state index contributed by atoms with van der Waals surface area (Å²) in [4.78, 5) is 0. The third kappa shape index (κ3) is 1.00. The molecule has 0 atom stereocenters. The number of benzene rings is 2. The number of hydrogen-bond acceptors (Lipinski definition) is 3. The fraction of sp³-hybridized carbons (Fsp3) is 0. The molecular formula is C12H9NO2. The van der Waals surface area contributed by atoms with Gasteiger partial charge in [-0.15, -0.1) is 0 Å². The molecule has 0 radical (unpaired) electrons. The molecule has 1 heterocycles. The highest BCUT2D eigenvalue weighted by molar-refractivity contribution is 6.11. The Hall–Kier alpha value is -2.16. The van der Waals surface area contributed by atoms with Crippen LogP contribution in [0.1, 0.15) is 0 Å². The molecule has 3 aromatic rings. The number of fused-ring (bicyclic) bond motifs is 3. The highest BCUT2D eigenvalue weighted by Crippen LogP contribution is 2.37. The summed E-state index contributed by atoms with van der Waals surface area (Å²) in [5.41, 5.74) is 7.61. The third-order valence-corrected chi connectivity index (χ3v) is 2.53. The molecule has 3 heteroatoms. The highest BCUT2D eigenvalue weighted by atomic mass is 16.3. The molecule has 0 amide bonds. The van der Waals surface area contributed by atoms with E-state index in [-0.39, 0.29) is 5.75 Å². The second-order valence-electron chi connectivity index (χ2n) is 3.48. The van der Waals surface area contributed by atoms with E-state index in [1.165, 1.54) is 0 Å². The largest absolute Gasteiger partial charge is 0.507 e. The van der Waals surface area contributed by atoms with E-state index in [1.54, 1.807) is 12.1 Å². The van der Waals surface area contributed by atoms with Gasteiger partial charge in [0.25, 0.3) is 0 Å². The lowest BCUT2D eigenvalue weighted by atomic mass is 10.1. The quantitative estimate of drug-likeness (QED) is 0.432. The Labute approximate surface area is 85.7 Å². The van der Waals surface area contributed by atoms with E-state index >= 15 is 0 Å². The summed E-state index contributed by atoms with van der Waals surface area (Å²) < 4.78 is 5.58. The molecule has 0 aliphatic rings. The van der Waals surface area contributed by atoms with Gasteiger partial charge in [-0.05, 0) is 18.2 Å². The van der Waals surface area contributed by atoms with E-state index in [1.807, 2.05) is 24.3 Å². The van der Waals surface area contributed by atoms with E-state index in [2.05, 4.69) is 0 Å². The summed E-state index contributed by atoms with van der Waals surface area (Å²) in [6.45, 7) is 0. The van der Waals surface area contributed by atoms with Crippen molar-refractivity contribution in [3.05, 3.63) is 36.4 Å². The molecule has 0 saturated carbocycles. The molecule has 74 valence electrons. The Morgan fingerprint density at radius 2 is 1.87 bits per heavy atom. The predicted octanol–water partition coefficient (Wildman–Crippen LogP) is 2.87. The minimum absolute atomic E-state index is 0.198. The van der Waals surface area contributed by atoms with Crippen molar-refractivity contribution in [3.8, 4) is 5.75 Å². The summed E-state index contributed by atoms with van der Waals surface area (Å²) >= 11 is 0. The second kappa shape index (κ2) is 2.67. The summed E-state index contributed by atoms with van der Waals surface area (Å²) in [6, 6.07) is 10.8. The zero-order valence-electron chi connectivity index (χ0n) is 7.90. The van der Waals surface area contributed by atoms with Gasteiger partial charge in [-0.1, -0.05) is 18.2 Å². The predicted molar refractivity (Wildman–Crippen MR) is 59.8 cm³/mol. The van der Waals surface area contributed by atoms with Gasteiger partial charge >= 0.3 is 0 Å². The molecular weight excluding hydrogens is 190 g/mol. The van der Waals surface area contributed by atoms with E-state index in [0.29, 0.717) is 16.7 Å². The van der Waals surface area contributed by atoms with Gasteiger partial charge in [0.15, 0.2) is 5.58 Å². The molecule has 0 spiro atoms. The normalized spacial score (nSPS) is 11.2. The number of nitrogen functional groups attached to an aromatic ring is 1. The number of phenolic OH excluding ortho intramolecular Hbond substituents is 1. The first-order chi connectivity index (χ1) is 7.27. The average molecular weight is 199 g/mol. The maximum absolute atomic E-state index is 9.77. The van der Waals surface area contributed by atoms with Crippen molar-refractivity contribution in [1.29, 1.82) is 0 Å². The highest BCUT2D eigenvalue weighted by Gasteiger charge is 2.12. The van der Waals surface area contributed by atoms with Crippen LogP contribution in [-0.2, 0) is 0 Å². The van der Waals surface area contributed by atoms with Crippen molar-refractivity contribution >= 4 is 27.6 Å². The van der Waals surface area contributed by atoms with Crippen molar-refractivity contribution in [2.75, 3.05) is 5.73 Å².